The molecule has 0 saturated carbocycles. The minimum atomic E-state index is -1.81. The Hall–Kier alpha value is -1.88. The number of nitriles is 1. The molecule has 0 bridgehead atoms. The van der Waals surface area contributed by atoms with Gasteiger partial charge < -0.3 is 14.2 Å². The first-order valence-electron chi connectivity index (χ1n) is 10.1. The Balaban J connectivity index is 1.78. The van der Waals surface area contributed by atoms with Gasteiger partial charge in [0.2, 0.25) is 0 Å². The van der Waals surface area contributed by atoms with Gasteiger partial charge in [0.15, 0.2) is 0 Å². The lowest BCUT2D eigenvalue weighted by Crippen LogP contribution is -2.34. The van der Waals surface area contributed by atoms with Crippen LogP contribution in [-0.2, 0) is 9.26 Å². The maximum atomic E-state index is 12.3. The SMILES string of the molecule is CC(C)N(C(C)C)P(O)OC(CC#N)CCOCCN1C(=O)c2ccccc2C1=O. The largest absolute Gasteiger partial charge is 0.379 e. The second kappa shape index (κ2) is 11.5. The Kier molecular flexibility index (Phi) is 9.35. The minimum absolute atomic E-state index is 0.111. The van der Waals surface area contributed by atoms with E-state index < -0.39 is 14.6 Å². The van der Waals surface area contributed by atoms with Gasteiger partial charge in [0.05, 0.1) is 42.9 Å². The van der Waals surface area contributed by atoms with Crippen LogP contribution in [0.1, 0.15) is 61.3 Å². The molecule has 0 fully saturated rings. The molecule has 2 amide bonds. The fourth-order valence-electron chi connectivity index (χ4n) is 3.39. The highest BCUT2D eigenvalue weighted by Gasteiger charge is 2.34. The van der Waals surface area contributed by atoms with E-state index in [4.69, 9.17) is 14.5 Å². The Morgan fingerprint density at radius 1 is 1.10 bits per heavy atom. The van der Waals surface area contributed by atoms with E-state index in [1.165, 1.54) is 4.90 Å². The summed E-state index contributed by atoms with van der Waals surface area (Å²) in [6.45, 7) is 8.59. The van der Waals surface area contributed by atoms with Crippen LogP contribution in [0.3, 0.4) is 0 Å². The maximum Gasteiger partial charge on any atom is 0.261 e. The molecule has 8 nitrogen and oxygen atoms in total. The van der Waals surface area contributed by atoms with Gasteiger partial charge in [-0.3, -0.25) is 14.5 Å². The van der Waals surface area contributed by atoms with Crippen molar-refractivity contribution in [3.8, 4) is 6.07 Å². The van der Waals surface area contributed by atoms with Crippen molar-refractivity contribution in [1.82, 2.24) is 9.57 Å². The van der Waals surface area contributed by atoms with Crippen molar-refractivity contribution >= 4 is 20.3 Å². The topological polar surface area (TPSA) is 103 Å². The molecule has 2 unspecified atom stereocenters. The monoisotopic (exact) mass is 435 g/mol. The van der Waals surface area contributed by atoms with Crippen molar-refractivity contribution < 1.29 is 23.7 Å². The smallest absolute Gasteiger partial charge is 0.261 e. The molecule has 1 aliphatic rings. The van der Waals surface area contributed by atoms with E-state index >= 15 is 0 Å². The van der Waals surface area contributed by atoms with Crippen molar-refractivity contribution in [2.45, 2.75) is 58.7 Å². The average Bonchev–Trinajstić information content (AvgIpc) is 2.92. The second-order valence-corrected chi connectivity index (χ2v) is 8.80. The number of benzene rings is 1. The standard InChI is InChI=1S/C21H30N3O5P/c1-15(2)24(16(3)4)30(27)29-17(9-11-22)10-13-28-14-12-23-20(25)18-7-5-6-8-19(18)21(23)26/h5-8,15-17,27H,9-10,12-14H2,1-4H3. The summed E-state index contributed by atoms with van der Waals surface area (Å²) in [5, 5.41) is 9.06. The number of rotatable bonds is 12. The number of hydrogen-bond acceptors (Lipinski definition) is 7. The number of carbonyl (C=O) groups is 2. The van der Waals surface area contributed by atoms with E-state index in [-0.39, 0.29) is 43.5 Å². The third-order valence-corrected chi connectivity index (χ3v) is 6.55. The molecule has 0 radical (unpaired) electrons. The molecule has 0 saturated heterocycles. The zero-order valence-electron chi connectivity index (χ0n) is 17.9. The number of fused-ring (bicyclic) bond motifs is 1. The van der Waals surface area contributed by atoms with Crippen LogP contribution in [0.4, 0.5) is 0 Å². The maximum absolute atomic E-state index is 12.3. The van der Waals surface area contributed by atoms with E-state index in [9.17, 15) is 14.5 Å². The normalized spacial score (nSPS) is 15.8. The summed E-state index contributed by atoms with van der Waals surface area (Å²) in [7, 11) is -1.81. The molecule has 164 valence electrons. The number of hydrogen-bond donors (Lipinski definition) is 1. The highest BCUT2D eigenvalue weighted by atomic mass is 31.2. The predicted molar refractivity (Wildman–Crippen MR) is 114 cm³/mol. The van der Waals surface area contributed by atoms with Gasteiger partial charge >= 0.3 is 0 Å². The van der Waals surface area contributed by atoms with Crippen molar-refractivity contribution in [1.29, 1.82) is 5.26 Å². The Bertz CT molecular complexity index is 737. The molecule has 9 heteroatoms. The molecule has 1 heterocycles. The molecule has 0 aromatic heterocycles. The van der Waals surface area contributed by atoms with Crippen molar-refractivity contribution in [3.05, 3.63) is 35.4 Å². The molecule has 30 heavy (non-hydrogen) atoms. The zero-order chi connectivity index (χ0) is 22.3. The van der Waals surface area contributed by atoms with Crippen LogP contribution < -0.4 is 0 Å². The van der Waals surface area contributed by atoms with Crippen LogP contribution in [0.5, 0.6) is 0 Å². The van der Waals surface area contributed by atoms with Crippen molar-refractivity contribution in [3.63, 3.8) is 0 Å². The average molecular weight is 435 g/mol. The number of nitrogens with zero attached hydrogens (tertiary/aromatic N) is 3. The van der Waals surface area contributed by atoms with Crippen molar-refractivity contribution in [2.75, 3.05) is 19.8 Å². The van der Waals surface area contributed by atoms with Gasteiger partial charge in [0, 0.05) is 18.7 Å². The lowest BCUT2D eigenvalue weighted by atomic mass is 10.1. The van der Waals surface area contributed by atoms with Gasteiger partial charge in [0.1, 0.15) is 0 Å². The Morgan fingerprint density at radius 3 is 2.17 bits per heavy atom. The molecule has 1 aromatic rings. The summed E-state index contributed by atoms with van der Waals surface area (Å²) in [5.41, 5.74) is 0.835. The van der Waals surface area contributed by atoms with Gasteiger partial charge in [-0.1, -0.05) is 12.1 Å². The van der Waals surface area contributed by atoms with Crippen LogP contribution in [0, 0.1) is 11.3 Å². The molecule has 0 aliphatic carbocycles. The predicted octanol–water partition coefficient (Wildman–Crippen LogP) is 3.33. The quantitative estimate of drug-likeness (QED) is 0.305. The lowest BCUT2D eigenvalue weighted by molar-refractivity contribution is 0.0510. The second-order valence-electron chi connectivity index (χ2n) is 7.62. The van der Waals surface area contributed by atoms with E-state index in [0.29, 0.717) is 24.2 Å². The van der Waals surface area contributed by atoms with Crippen LogP contribution in [0.2, 0.25) is 0 Å². The minimum Gasteiger partial charge on any atom is -0.379 e. The summed E-state index contributed by atoms with van der Waals surface area (Å²) < 4.78 is 13.2. The van der Waals surface area contributed by atoms with E-state index in [1.54, 1.807) is 24.3 Å². The van der Waals surface area contributed by atoms with E-state index in [0.717, 1.165) is 0 Å². The number of carbonyl (C=O) groups excluding carboxylic acids is 2. The van der Waals surface area contributed by atoms with Crippen molar-refractivity contribution in [2.24, 2.45) is 0 Å². The Labute approximate surface area is 179 Å². The first kappa shape index (κ1) is 24.4. The highest BCUT2D eigenvalue weighted by molar-refractivity contribution is 7.43. The fraction of sp³-hybridized carbons (Fsp3) is 0.571. The number of amides is 2. The third kappa shape index (κ3) is 6.07. The first-order chi connectivity index (χ1) is 14.3. The third-order valence-electron chi connectivity index (χ3n) is 4.74. The molecule has 1 N–H and O–H groups in total. The highest BCUT2D eigenvalue weighted by Crippen LogP contribution is 2.42. The van der Waals surface area contributed by atoms with Gasteiger partial charge in [-0.05, 0) is 46.2 Å². The molecular formula is C21H30N3O5P. The van der Waals surface area contributed by atoms with Gasteiger partial charge in [-0.2, -0.15) is 5.26 Å². The molecule has 2 atom stereocenters. The van der Waals surface area contributed by atoms with Gasteiger partial charge in [0.25, 0.3) is 20.3 Å². The van der Waals surface area contributed by atoms with Gasteiger partial charge in [-0.15, -0.1) is 0 Å². The molecule has 0 spiro atoms. The summed E-state index contributed by atoms with van der Waals surface area (Å²) >= 11 is 0. The molecule has 1 aliphatic heterocycles. The van der Waals surface area contributed by atoms with Crippen LogP contribution in [0.25, 0.3) is 0 Å². The van der Waals surface area contributed by atoms with Crippen LogP contribution in [-0.4, -0.2) is 64.2 Å². The van der Waals surface area contributed by atoms with Crippen LogP contribution >= 0.6 is 8.53 Å². The summed E-state index contributed by atoms with van der Waals surface area (Å²) in [6.07, 6.45) is 0.120. The van der Waals surface area contributed by atoms with E-state index in [1.807, 2.05) is 32.4 Å². The lowest BCUT2D eigenvalue weighted by Gasteiger charge is -2.34. The van der Waals surface area contributed by atoms with E-state index in [2.05, 4.69) is 6.07 Å². The summed E-state index contributed by atoms with van der Waals surface area (Å²) in [4.78, 5) is 36.3. The molecule has 1 aromatic carbocycles. The zero-order valence-corrected chi connectivity index (χ0v) is 18.8. The van der Waals surface area contributed by atoms with Crippen LogP contribution in [0.15, 0.2) is 24.3 Å². The summed E-state index contributed by atoms with van der Waals surface area (Å²) in [6, 6.07) is 9.05. The first-order valence-corrected chi connectivity index (χ1v) is 11.3. The summed E-state index contributed by atoms with van der Waals surface area (Å²) in [5.74, 6) is -0.614. The Morgan fingerprint density at radius 2 is 1.67 bits per heavy atom. The number of ether oxygens (including phenoxy) is 1. The molecular weight excluding hydrogens is 405 g/mol. The molecule has 2 rings (SSSR count). The van der Waals surface area contributed by atoms with Gasteiger partial charge in [-0.25, -0.2) is 4.67 Å². The number of imide groups is 1. The fourth-order valence-corrected chi connectivity index (χ4v) is 4.73.